The van der Waals surface area contributed by atoms with Crippen molar-refractivity contribution < 1.29 is 47.7 Å². The van der Waals surface area contributed by atoms with Crippen LogP contribution in [0.4, 0.5) is 5.69 Å². The van der Waals surface area contributed by atoms with E-state index < -0.39 is 23.9 Å². The van der Waals surface area contributed by atoms with Crippen LogP contribution in [0.25, 0.3) is 0 Å². The van der Waals surface area contributed by atoms with Crippen molar-refractivity contribution in [2.24, 2.45) is 11.8 Å². The van der Waals surface area contributed by atoms with E-state index in [1.54, 1.807) is 26.1 Å². The van der Waals surface area contributed by atoms with E-state index in [0.717, 1.165) is 5.56 Å². The molecule has 2 atom stereocenters. The van der Waals surface area contributed by atoms with Crippen molar-refractivity contribution in [2.45, 2.75) is 66.2 Å². The molecule has 1 aromatic carbocycles. The molecule has 0 aliphatic carbocycles. The fourth-order valence-corrected chi connectivity index (χ4v) is 4.04. The summed E-state index contributed by atoms with van der Waals surface area (Å²) in [4.78, 5) is 61.8. The maximum absolute atomic E-state index is 13.0. The Morgan fingerprint density at radius 2 is 1.33 bits per heavy atom. The van der Waals surface area contributed by atoms with E-state index in [-0.39, 0.29) is 43.1 Å². The Balaban J connectivity index is 2.16. The molecule has 1 aromatic rings. The van der Waals surface area contributed by atoms with E-state index >= 15 is 0 Å². The van der Waals surface area contributed by atoms with Gasteiger partial charge in [0.25, 0.3) is 0 Å². The number of hydrogen-bond donors (Lipinski definition) is 4. The number of ether oxygens (including phenoxy) is 5. The highest BCUT2D eigenvalue weighted by Crippen LogP contribution is 2.15. The summed E-state index contributed by atoms with van der Waals surface area (Å²) >= 11 is 0. The number of amides is 5. The maximum Gasteiger partial charge on any atom is 0.246 e. The Morgan fingerprint density at radius 1 is 0.765 bits per heavy atom. The first-order valence-electron chi connectivity index (χ1n) is 17.4. The predicted molar refractivity (Wildman–Crippen MR) is 192 cm³/mol. The van der Waals surface area contributed by atoms with Crippen LogP contribution in [0, 0.1) is 11.8 Å². The van der Waals surface area contributed by atoms with Gasteiger partial charge < -0.3 is 49.9 Å². The standard InChI is InChI=1S/C36H59N5O10/c1-26(2)29(6)51-24-30-8-10-31(11-9-30)39-35(45)28(5)38-36(46)34(27(3)4)40-33(44)13-16-47-18-20-49-22-23-50-21-19-48-17-14-37-32(43)12-15-41(7)25-42/h8-11,25-28,34H,6,12-24H2,1-5,7H3,(H,37,43)(H,38,46)(H,39,45)(H,40,44)/t28-,34?/m0/s1. The van der Waals surface area contributed by atoms with Gasteiger partial charge in [-0.2, -0.15) is 0 Å². The molecule has 1 rings (SSSR count). The number of nitrogens with zero attached hydrogens (tertiary/aromatic N) is 1. The van der Waals surface area contributed by atoms with Gasteiger partial charge in [0.05, 0.1) is 58.6 Å². The largest absolute Gasteiger partial charge is 0.494 e. The predicted octanol–water partition coefficient (Wildman–Crippen LogP) is 2.01. The molecule has 0 aliphatic rings. The zero-order valence-corrected chi connectivity index (χ0v) is 31.1. The van der Waals surface area contributed by atoms with Gasteiger partial charge in [-0.15, -0.1) is 0 Å². The lowest BCUT2D eigenvalue weighted by Gasteiger charge is -2.24. The molecular formula is C36H59N5O10. The highest BCUT2D eigenvalue weighted by molar-refractivity contribution is 5.98. The quantitative estimate of drug-likeness (QED) is 0.0543. The number of hydrogen-bond acceptors (Lipinski definition) is 10. The molecule has 0 aliphatic heterocycles. The second-order valence-corrected chi connectivity index (χ2v) is 12.5. The second-order valence-electron chi connectivity index (χ2n) is 12.5. The second kappa shape index (κ2) is 26.7. The van der Waals surface area contributed by atoms with Gasteiger partial charge in [-0.05, 0) is 30.5 Å². The molecule has 5 amide bonds. The van der Waals surface area contributed by atoms with Crippen molar-refractivity contribution in [2.75, 3.05) is 78.3 Å². The summed E-state index contributed by atoms with van der Waals surface area (Å²) in [5.41, 5.74) is 1.51. The number of nitrogens with one attached hydrogen (secondary N) is 4. The van der Waals surface area contributed by atoms with Crippen molar-refractivity contribution in [1.29, 1.82) is 0 Å². The summed E-state index contributed by atoms with van der Waals surface area (Å²) in [5, 5.41) is 10.9. The van der Waals surface area contributed by atoms with Crippen molar-refractivity contribution in [1.82, 2.24) is 20.9 Å². The lowest BCUT2D eigenvalue weighted by Crippen LogP contribution is -2.53. The lowest BCUT2D eigenvalue weighted by molar-refractivity contribution is -0.132. The summed E-state index contributed by atoms with van der Waals surface area (Å²) in [7, 11) is 1.61. The van der Waals surface area contributed by atoms with Crippen LogP contribution in [0.15, 0.2) is 36.6 Å². The molecule has 0 bridgehead atoms. The fraction of sp³-hybridized carbons (Fsp3) is 0.639. The molecule has 0 saturated heterocycles. The molecule has 0 fully saturated rings. The van der Waals surface area contributed by atoms with E-state index in [0.29, 0.717) is 83.8 Å². The Kier molecular flexibility index (Phi) is 23.6. The summed E-state index contributed by atoms with van der Waals surface area (Å²) < 4.78 is 27.4. The minimum absolute atomic E-state index is 0.0590. The van der Waals surface area contributed by atoms with Crippen LogP contribution in [-0.2, 0) is 54.3 Å². The molecule has 0 saturated carbocycles. The summed E-state index contributed by atoms with van der Waals surface area (Å²) in [6, 6.07) is 5.56. The third kappa shape index (κ3) is 21.7. The van der Waals surface area contributed by atoms with Crippen molar-refractivity contribution in [3.8, 4) is 0 Å². The van der Waals surface area contributed by atoms with Crippen LogP contribution in [-0.4, -0.2) is 120 Å². The van der Waals surface area contributed by atoms with Crippen molar-refractivity contribution in [3.05, 3.63) is 42.2 Å². The number of benzene rings is 1. The summed E-state index contributed by atoms with van der Waals surface area (Å²) in [6.07, 6.45) is 0.976. The number of carbonyl (C=O) groups excluding carboxylic acids is 5. The van der Waals surface area contributed by atoms with E-state index in [1.165, 1.54) is 4.90 Å². The summed E-state index contributed by atoms with van der Waals surface area (Å²) in [6.45, 7) is 16.9. The minimum Gasteiger partial charge on any atom is -0.494 e. The average Bonchev–Trinajstić information content (AvgIpc) is 3.10. The lowest BCUT2D eigenvalue weighted by atomic mass is 10.0. The Morgan fingerprint density at radius 3 is 1.88 bits per heavy atom. The first-order valence-corrected chi connectivity index (χ1v) is 17.4. The third-order valence-electron chi connectivity index (χ3n) is 7.34. The third-order valence-corrected chi connectivity index (χ3v) is 7.34. The molecule has 288 valence electrons. The first kappa shape index (κ1) is 45.0. The molecule has 0 radical (unpaired) electrons. The highest BCUT2D eigenvalue weighted by atomic mass is 16.6. The van der Waals surface area contributed by atoms with Gasteiger partial charge in [-0.25, -0.2) is 0 Å². The molecule has 0 aromatic heterocycles. The Bertz CT molecular complexity index is 1200. The highest BCUT2D eigenvalue weighted by Gasteiger charge is 2.27. The zero-order valence-electron chi connectivity index (χ0n) is 31.1. The maximum atomic E-state index is 13.0. The molecule has 4 N–H and O–H groups in total. The van der Waals surface area contributed by atoms with E-state index in [2.05, 4.69) is 27.8 Å². The van der Waals surface area contributed by atoms with E-state index in [4.69, 9.17) is 23.7 Å². The van der Waals surface area contributed by atoms with Crippen LogP contribution in [0.5, 0.6) is 0 Å². The number of carbonyl (C=O) groups is 5. The molecule has 15 nitrogen and oxygen atoms in total. The average molecular weight is 722 g/mol. The monoisotopic (exact) mass is 721 g/mol. The topological polar surface area (TPSA) is 183 Å². The van der Waals surface area contributed by atoms with Gasteiger partial charge >= 0.3 is 0 Å². The fourth-order valence-electron chi connectivity index (χ4n) is 4.04. The number of rotatable bonds is 29. The molecule has 51 heavy (non-hydrogen) atoms. The molecular weight excluding hydrogens is 662 g/mol. The van der Waals surface area contributed by atoms with E-state index in [9.17, 15) is 24.0 Å². The van der Waals surface area contributed by atoms with Crippen LogP contribution >= 0.6 is 0 Å². The van der Waals surface area contributed by atoms with Gasteiger partial charge in [-0.3, -0.25) is 24.0 Å². The Labute approximate surface area is 302 Å². The summed E-state index contributed by atoms with van der Waals surface area (Å²) in [5.74, 6) is -0.614. The SMILES string of the molecule is C=C(OCc1ccc(NC(=O)[C@H](C)NC(=O)C(NC(=O)CCOCCOCCOCCOCCNC(=O)CCN(C)C=O)C(C)C)cc1)C(C)C. The van der Waals surface area contributed by atoms with Crippen LogP contribution in [0.3, 0.4) is 0 Å². The molecule has 0 spiro atoms. The minimum atomic E-state index is -0.838. The zero-order chi connectivity index (χ0) is 38.0. The molecule has 15 heteroatoms. The molecule has 0 heterocycles. The molecule has 1 unspecified atom stereocenters. The van der Waals surface area contributed by atoms with Gasteiger partial charge in [-0.1, -0.05) is 46.4 Å². The van der Waals surface area contributed by atoms with Crippen molar-refractivity contribution in [3.63, 3.8) is 0 Å². The van der Waals surface area contributed by atoms with Gasteiger partial charge in [0.2, 0.25) is 30.0 Å². The smallest absolute Gasteiger partial charge is 0.246 e. The number of allylic oxidation sites excluding steroid dienone is 1. The van der Waals surface area contributed by atoms with Crippen molar-refractivity contribution >= 4 is 35.7 Å². The number of anilines is 1. The normalized spacial score (nSPS) is 12.2. The van der Waals surface area contributed by atoms with E-state index in [1.807, 2.05) is 39.8 Å². The van der Waals surface area contributed by atoms with Crippen LogP contribution in [0.2, 0.25) is 0 Å². The van der Waals surface area contributed by atoms with Gasteiger partial charge in [0.1, 0.15) is 18.7 Å². The van der Waals surface area contributed by atoms with Crippen LogP contribution in [0.1, 0.15) is 53.0 Å². The Hall–Kier alpha value is -4.05. The van der Waals surface area contributed by atoms with Crippen LogP contribution < -0.4 is 21.3 Å². The van der Waals surface area contributed by atoms with Gasteiger partial charge in [0, 0.05) is 44.6 Å². The first-order chi connectivity index (χ1) is 24.3. The van der Waals surface area contributed by atoms with Gasteiger partial charge in [0.15, 0.2) is 0 Å².